The van der Waals surface area contributed by atoms with Crippen molar-refractivity contribution in [3.8, 4) is 0 Å². The molecule has 0 radical (unpaired) electrons. The van der Waals surface area contributed by atoms with Crippen LogP contribution in [0.1, 0.15) is 39.2 Å². The van der Waals surface area contributed by atoms with E-state index in [2.05, 4.69) is 77.8 Å². The van der Waals surface area contributed by atoms with Crippen LogP contribution in [0, 0.1) is 6.92 Å². The molecule has 0 fully saturated rings. The number of benzene rings is 1. The molecule has 0 unspecified atom stereocenters. The standard InChI is InChI=1S/C26H45NO3SSi2/c1-22-15-17-25(18-16-22)31(28,29)27-19-11-10-13-23(27)21-24(14-12-20-32(5,6)7)30-33(8,9)26(2,3)4/h10,12-18,23-24H,11,19-21H2,1-9H3/b14-12+/t23-,24-/m1/s1. The lowest BCUT2D eigenvalue weighted by atomic mass is 10.1. The van der Waals surface area contributed by atoms with Crippen molar-refractivity contribution in [2.75, 3.05) is 6.54 Å². The molecule has 1 aromatic rings. The summed E-state index contributed by atoms with van der Waals surface area (Å²) in [5.41, 5.74) is 1.06. The highest BCUT2D eigenvalue weighted by molar-refractivity contribution is 7.89. The molecule has 0 bridgehead atoms. The van der Waals surface area contributed by atoms with Gasteiger partial charge in [0.25, 0.3) is 0 Å². The molecule has 7 heteroatoms. The van der Waals surface area contributed by atoms with Gasteiger partial charge in [-0.3, -0.25) is 0 Å². The van der Waals surface area contributed by atoms with Crippen LogP contribution in [0.5, 0.6) is 0 Å². The maximum absolute atomic E-state index is 13.5. The average Bonchev–Trinajstić information content (AvgIpc) is 2.66. The van der Waals surface area contributed by atoms with Crippen molar-refractivity contribution >= 4 is 26.4 Å². The SMILES string of the molecule is Cc1ccc(S(=O)(=O)N2CCC=C[C@@H]2C[C@@H](/C=C/C[Si](C)(C)C)O[Si](C)(C)C(C)(C)C)cc1. The number of hydrogen-bond donors (Lipinski definition) is 0. The molecule has 0 saturated heterocycles. The van der Waals surface area contributed by atoms with Gasteiger partial charge in [0, 0.05) is 20.7 Å². The molecule has 186 valence electrons. The Kier molecular flexibility index (Phi) is 9.18. The summed E-state index contributed by atoms with van der Waals surface area (Å²) in [6, 6.07) is 8.05. The summed E-state index contributed by atoms with van der Waals surface area (Å²) in [7, 11) is -6.80. The Morgan fingerprint density at radius 1 is 1.12 bits per heavy atom. The molecule has 1 aromatic carbocycles. The molecule has 0 N–H and O–H groups in total. The van der Waals surface area contributed by atoms with Crippen molar-refractivity contribution in [1.82, 2.24) is 4.31 Å². The normalized spacial score (nSPS) is 19.8. The van der Waals surface area contributed by atoms with Gasteiger partial charge in [0.15, 0.2) is 8.32 Å². The number of hydrogen-bond acceptors (Lipinski definition) is 3. The van der Waals surface area contributed by atoms with Gasteiger partial charge in [0.2, 0.25) is 10.0 Å². The number of aryl methyl sites for hydroxylation is 1. The lowest BCUT2D eigenvalue weighted by Gasteiger charge is -2.40. The third-order valence-corrected chi connectivity index (χ3v) is 14.6. The predicted octanol–water partition coefficient (Wildman–Crippen LogP) is 6.99. The van der Waals surface area contributed by atoms with Crippen LogP contribution in [-0.2, 0) is 14.4 Å². The molecule has 1 heterocycles. The first-order valence-electron chi connectivity index (χ1n) is 12.1. The maximum atomic E-state index is 13.5. The minimum Gasteiger partial charge on any atom is -0.410 e. The Morgan fingerprint density at radius 3 is 2.27 bits per heavy atom. The summed E-state index contributed by atoms with van der Waals surface area (Å²) in [6.07, 6.45) is 9.92. The lowest BCUT2D eigenvalue weighted by molar-refractivity contribution is 0.186. The predicted molar refractivity (Wildman–Crippen MR) is 147 cm³/mol. The minimum absolute atomic E-state index is 0.0912. The van der Waals surface area contributed by atoms with Crippen LogP contribution >= 0.6 is 0 Å². The monoisotopic (exact) mass is 507 g/mol. The van der Waals surface area contributed by atoms with Crippen molar-refractivity contribution in [1.29, 1.82) is 0 Å². The van der Waals surface area contributed by atoms with E-state index in [1.165, 1.54) is 0 Å². The summed E-state index contributed by atoms with van der Waals surface area (Å²) < 4.78 is 35.5. The molecular weight excluding hydrogens is 463 g/mol. The largest absolute Gasteiger partial charge is 0.410 e. The molecule has 2 rings (SSSR count). The molecule has 1 aliphatic rings. The van der Waals surface area contributed by atoms with Gasteiger partial charge in [-0.25, -0.2) is 8.42 Å². The molecule has 0 aliphatic carbocycles. The van der Waals surface area contributed by atoms with Crippen molar-refractivity contribution < 1.29 is 12.8 Å². The van der Waals surface area contributed by atoms with E-state index in [1.54, 1.807) is 16.4 Å². The zero-order valence-electron chi connectivity index (χ0n) is 22.2. The second kappa shape index (κ2) is 10.7. The summed E-state index contributed by atoms with van der Waals surface area (Å²) in [5.74, 6) is 0. The highest BCUT2D eigenvalue weighted by Gasteiger charge is 2.40. The van der Waals surface area contributed by atoms with Gasteiger partial charge in [-0.15, -0.1) is 0 Å². The van der Waals surface area contributed by atoms with Crippen molar-refractivity contribution in [2.45, 2.75) is 101 Å². The highest BCUT2D eigenvalue weighted by Crippen LogP contribution is 2.38. The Morgan fingerprint density at radius 2 is 1.73 bits per heavy atom. The summed E-state index contributed by atoms with van der Waals surface area (Å²) in [5, 5.41) is 0.0912. The van der Waals surface area contributed by atoms with E-state index < -0.39 is 26.4 Å². The smallest absolute Gasteiger partial charge is 0.243 e. The van der Waals surface area contributed by atoms with E-state index in [0.717, 1.165) is 18.0 Å². The van der Waals surface area contributed by atoms with Gasteiger partial charge < -0.3 is 4.43 Å². The Balaban J connectivity index is 2.33. The van der Waals surface area contributed by atoms with E-state index in [-0.39, 0.29) is 17.2 Å². The fourth-order valence-corrected chi connectivity index (χ4v) is 7.33. The number of rotatable bonds is 9. The first-order valence-corrected chi connectivity index (χ1v) is 20.2. The van der Waals surface area contributed by atoms with Crippen LogP contribution < -0.4 is 0 Å². The molecule has 0 aromatic heterocycles. The van der Waals surface area contributed by atoms with E-state index >= 15 is 0 Å². The van der Waals surface area contributed by atoms with Crippen molar-refractivity contribution in [3.05, 3.63) is 54.1 Å². The molecule has 2 atom stereocenters. The third kappa shape index (κ3) is 8.03. The first kappa shape index (κ1) is 28.2. The fourth-order valence-electron chi connectivity index (χ4n) is 3.59. The maximum Gasteiger partial charge on any atom is 0.243 e. The molecule has 33 heavy (non-hydrogen) atoms. The van der Waals surface area contributed by atoms with Gasteiger partial charge in [-0.05, 0) is 56.1 Å². The van der Waals surface area contributed by atoms with Crippen molar-refractivity contribution in [2.24, 2.45) is 0 Å². The molecule has 4 nitrogen and oxygen atoms in total. The van der Waals surface area contributed by atoms with Crippen LogP contribution in [0.2, 0.25) is 43.8 Å². The van der Waals surface area contributed by atoms with Crippen molar-refractivity contribution in [3.63, 3.8) is 0 Å². The Hall–Kier alpha value is -0.996. The van der Waals surface area contributed by atoms with E-state index in [9.17, 15) is 8.42 Å². The minimum atomic E-state index is -3.57. The Bertz CT molecular complexity index is 939. The molecule has 0 spiro atoms. The zero-order valence-corrected chi connectivity index (χ0v) is 25.0. The second-order valence-electron chi connectivity index (χ2n) is 12.1. The van der Waals surface area contributed by atoms with Crippen LogP contribution in [0.3, 0.4) is 0 Å². The number of sulfonamides is 1. The summed E-state index contributed by atoms with van der Waals surface area (Å²) in [6.45, 7) is 20.8. The van der Waals surface area contributed by atoms with Crippen LogP contribution in [-0.4, -0.2) is 47.8 Å². The highest BCUT2D eigenvalue weighted by atomic mass is 32.2. The van der Waals surface area contributed by atoms with E-state index in [1.807, 2.05) is 19.1 Å². The van der Waals surface area contributed by atoms with E-state index in [4.69, 9.17) is 4.43 Å². The first-order chi connectivity index (χ1) is 15.0. The number of allylic oxidation sites excluding steroid dienone is 1. The summed E-state index contributed by atoms with van der Waals surface area (Å²) in [4.78, 5) is 0.365. The quantitative estimate of drug-likeness (QED) is 0.267. The Labute approximate surface area is 205 Å². The van der Waals surface area contributed by atoms with Crippen LogP contribution in [0.4, 0.5) is 0 Å². The zero-order chi connectivity index (χ0) is 25.1. The van der Waals surface area contributed by atoms with Gasteiger partial charge in [-0.2, -0.15) is 4.31 Å². The molecule has 0 saturated carbocycles. The molecular formula is C26H45NO3SSi2. The second-order valence-corrected chi connectivity index (χ2v) is 24.2. The van der Waals surface area contributed by atoms with Gasteiger partial charge in [0.05, 0.1) is 11.0 Å². The third-order valence-electron chi connectivity index (χ3n) is 6.68. The molecule has 1 aliphatic heterocycles. The summed E-state index contributed by atoms with van der Waals surface area (Å²) >= 11 is 0. The number of nitrogens with zero attached hydrogens (tertiary/aromatic N) is 1. The lowest BCUT2D eigenvalue weighted by Crippen LogP contribution is -2.47. The van der Waals surface area contributed by atoms with Crippen LogP contribution in [0.25, 0.3) is 0 Å². The fraction of sp³-hybridized carbons (Fsp3) is 0.615. The van der Waals surface area contributed by atoms with Gasteiger partial charge in [-0.1, -0.05) is 82.4 Å². The van der Waals surface area contributed by atoms with Crippen LogP contribution in [0.15, 0.2) is 53.5 Å². The average molecular weight is 508 g/mol. The topological polar surface area (TPSA) is 46.6 Å². The van der Waals surface area contributed by atoms with E-state index in [0.29, 0.717) is 17.9 Å². The van der Waals surface area contributed by atoms with Gasteiger partial charge >= 0.3 is 0 Å². The van der Waals surface area contributed by atoms with Gasteiger partial charge in [0.1, 0.15) is 0 Å². The molecule has 0 amide bonds.